The third-order valence-electron chi connectivity index (χ3n) is 3.11. The summed E-state index contributed by atoms with van der Waals surface area (Å²) in [6, 6.07) is 18.4. The van der Waals surface area contributed by atoms with E-state index in [9.17, 15) is 4.79 Å². The summed E-state index contributed by atoms with van der Waals surface area (Å²) in [4.78, 5) is 11.4. The fourth-order valence-corrected chi connectivity index (χ4v) is 2.16. The van der Waals surface area contributed by atoms with E-state index in [1.807, 2.05) is 30.3 Å². The number of hydrogen-bond acceptors (Lipinski definition) is 1. The molecular weight excluding hydrogens is 208 g/mol. The van der Waals surface area contributed by atoms with Gasteiger partial charge in [-0.15, -0.1) is 0 Å². The molecule has 3 rings (SSSR count). The molecule has 17 heavy (non-hydrogen) atoms. The van der Waals surface area contributed by atoms with E-state index in [1.54, 1.807) is 6.92 Å². The number of hydrogen-bond donors (Lipinski definition) is 0. The minimum Gasteiger partial charge on any atom is -0.295 e. The van der Waals surface area contributed by atoms with E-state index in [0.717, 1.165) is 10.9 Å². The smallest absolute Gasteiger partial charge is 0.159 e. The van der Waals surface area contributed by atoms with Crippen molar-refractivity contribution in [1.29, 1.82) is 0 Å². The van der Waals surface area contributed by atoms with Crippen LogP contribution in [0, 0.1) is 0 Å². The molecule has 0 spiro atoms. The zero-order valence-electron chi connectivity index (χ0n) is 9.60. The lowest BCUT2D eigenvalue weighted by molar-refractivity contribution is 0.101. The summed E-state index contributed by atoms with van der Waals surface area (Å²) < 4.78 is 0. The Hall–Kier alpha value is -2.15. The van der Waals surface area contributed by atoms with Crippen LogP contribution >= 0.6 is 0 Å². The Morgan fingerprint density at radius 1 is 0.765 bits per heavy atom. The Morgan fingerprint density at radius 2 is 1.35 bits per heavy atom. The second kappa shape index (κ2) is 3.70. The monoisotopic (exact) mass is 220 g/mol. The van der Waals surface area contributed by atoms with Gasteiger partial charge in [-0.05, 0) is 46.7 Å². The van der Waals surface area contributed by atoms with Crippen molar-refractivity contribution in [3.8, 4) is 0 Å². The van der Waals surface area contributed by atoms with Crippen molar-refractivity contribution in [1.82, 2.24) is 0 Å². The van der Waals surface area contributed by atoms with E-state index in [-0.39, 0.29) is 5.78 Å². The Bertz CT molecular complexity index is 726. The summed E-state index contributed by atoms with van der Waals surface area (Å²) in [6.45, 7) is 1.60. The van der Waals surface area contributed by atoms with Crippen LogP contribution in [0.5, 0.6) is 0 Å². The number of fused-ring (bicyclic) bond motifs is 2. The zero-order valence-corrected chi connectivity index (χ0v) is 9.60. The van der Waals surface area contributed by atoms with Crippen molar-refractivity contribution >= 4 is 27.3 Å². The van der Waals surface area contributed by atoms with Gasteiger partial charge >= 0.3 is 0 Å². The molecule has 1 nitrogen and oxygen atoms in total. The summed E-state index contributed by atoms with van der Waals surface area (Å²) >= 11 is 0. The maximum atomic E-state index is 11.4. The van der Waals surface area contributed by atoms with Crippen LogP contribution in [0.3, 0.4) is 0 Å². The number of carbonyl (C=O) groups is 1. The fourth-order valence-electron chi connectivity index (χ4n) is 2.16. The van der Waals surface area contributed by atoms with Crippen molar-refractivity contribution in [3.05, 3.63) is 60.2 Å². The summed E-state index contributed by atoms with van der Waals surface area (Å²) in [7, 11) is 0. The number of carbonyl (C=O) groups excluding carboxylic acids is 1. The molecular formula is C16H12O. The second-order valence-corrected chi connectivity index (χ2v) is 4.32. The van der Waals surface area contributed by atoms with E-state index in [1.165, 1.54) is 16.2 Å². The highest BCUT2D eigenvalue weighted by Crippen LogP contribution is 2.23. The van der Waals surface area contributed by atoms with Crippen molar-refractivity contribution in [2.75, 3.05) is 0 Å². The van der Waals surface area contributed by atoms with E-state index in [4.69, 9.17) is 0 Å². The lowest BCUT2D eigenvalue weighted by Gasteiger charge is -2.03. The molecule has 0 saturated heterocycles. The standard InChI is InChI=1S/C16H12O/c1-11(17)12-6-7-15-9-13-4-2-3-5-14(13)10-16(15)8-12/h2-10H,1H3. The highest BCUT2D eigenvalue weighted by atomic mass is 16.1. The van der Waals surface area contributed by atoms with Gasteiger partial charge in [-0.25, -0.2) is 0 Å². The van der Waals surface area contributed by atoms with Gasteiger partial charge in [0.25, 0.3) is 0 Å². The maximum Gasteiger partial charge on any atom is 0.159 e. The molecule has 0 aromatic heterocycles. The molecule has 3 aromatic carbocycles. The summed E-state index contributed by atoms with van der Waals surface area (Å²) in [5.74, 6) is 0.111. The molecule has 0 aliphatic carbocycles. The molecule has 3 aromatic rings. The quantitative estimate of drug-likeness (QED) is 0.444. The van der Waals surface area contributed by atoms with Crippen LogP contribution in [-0.2, 0) is 0 Å². The second-order valence-electron chi connectivity index (χ2n) is 4.32. The Kier molecular flexibility index (Phi) is 2.19. The van der Waals surface area contributed by atoms with Gasteiger partial charge in [0.05, 0.1) is 0 Å². The molecule has 0 aliphatic heterocycles. The topological polar surface area (TPSA) is 17.1 Å². The number of ketones is 1. The van der Waals surface area contributed by atoms with Gasteiger partial charge in [0.2, 0.25) is 0 Å². The molecule has 0 saturated carbocycles. The fraction of sp³-hybridized carbons (Fsp3) is 0.0625. The van der Waals surface area contributed by atoms with Crippen LogP contribution in [0.1, 0.15) is 17.3 Å². The van der Waals surface area contributed by atoms with Crippen LogP contribution in [0.25, 0.3) is 21.5 Å². The van der Waals surface area contributed by atoms with Gasteiger partial charge in [0.15, 0.2) is 5.78 Å². The van der Waals surface area contributed by atoms with Gasteiger partial charge in [-0.2, -0.15) is 0 Å². The van der Waals surface area contributed by atoms with Crippen LogP contribution in [0.2, 0.25) is 0 Å². The van der Waals surface area contributed by atoms with Crippen molar-refractivity contribution in [3.63, 3.8) is 0 Å². The molecule has 0 radical (unpaired) electrons. The van der Waals surface area contributed by atoms with Crippen molar-refractivity contribution in [2.24, 2.45) is 0 Å². The third kappa shape index (κ3) is 1.70. The molecule has 0 heterocycles. The first-order valence-electron chi connectivity index (χ1n) is 5.67. The average Bonchev–Trinajstić information content (AvgIpc) is 2.35. The molecule has 82 valence electrons. The van der Waals surface area contributed by atoms with E-state index < -0.39 is 0 Å². The Balaban J connectivity index is 2.36. The van der Waals surface area contributed by atoms with Crippen molar-refractivity contribution < 1.29 is 4.79 Å². The molecule has 0 fully saturated rings. The van der Waals surface area contributed by atoms with E-state index in [0.29, 0.717) is 0 Å². The Morgan fingerprint density at radius 3 is 2.00 bits per heavy atom. The minimum atomic E-state index is 0.111. The predicted octanol–water partition coefficient (Wildman–Crippen LogP) is 4.20. The van der Waals surface area contributed by atoms with E-state index >= 15 is 0 Å². The lowest BCUT2D eigenvalue weighted by Crippen LogP contribution is -1.90. The number of benzene rings is 3. The number of Topliss-reactive ketones (excluding diaryl/α,β-unsaturated/α-hetero) is 1. The van der Waals surface area contributed by atoms with Crippen LogP contribution in [0.4, 0.5) is 0 Å². The Labute approximate surface area is 99.7 Å². The zero-order chi connectivity index (χ0) is 11.8. The lowest BCUT2D eigenvalue weighted by atomic mass is 10.0. The van der Waals surface area contributed by atoms with Crippen LogP contribution < -0.4 is 0 Å². The van der Waals surface area contributed by atoms with Crippen LogP contribution in [-0.4, -0.2) is 5.78 Å². The van der Waals surface area contributed by atoms with Crippen LogP contribution in [0.15, 0.2) is 54.6 Å². The van der Waals surface area contributed by atoms with Gasteiger partial charge in [-0.1, -0.05) is 36.4 Å². The molecule has 0 bridgehead atoms. The summed E-state index contributed by atoms with van der Waals surface area (Å²) in [5, 5.41) is 4.74. The average molecular weight is 220 g/mol. The molecule has 0 atom stereocenters. The third-order valence-corrected chi connectivity index (χ3v) is 3.11. The minimum absolute atomic E-state index is 0.111. The molecule has 0 amide bonds. The van der Waals surface area contributed by atoms with E-state index in [2.05, 4.69) is 24.3 Å². The normalized spacial score (nSPS) is 10.9. The van der Waals surface area contributed by atoms with Gasteiger partial charge in [0.1, 0.15) is 0 Å². The first-order chi connectivity index (χ1) is 8.24. The summed E-state index contributed by atoms with van der Waals surface area (Å²) in [5.41, 5.74) is 0.771. The highest BCUT2D eigenvalue weighted by molar-refractivity contribution is 6.02. The SMILES string of the molecule is CC(=O)c1ccc2cc3ccccc3cc2c1. The molecule has 0 aliphatic rings. The maximum absolute atomic E-state index is 11.4. The first kappa shape index (κ1) is 10.0. The van der Waals surface area contributed by atoms with Gasteiger partial charge in [-0.3, -0.25) is 4.79 Å². The molecule has 0 unspecified atom stereocenters. The predicted molar refractivity (Wildman–Crippen MR) is 71.5 cm³/mol. The number of rotatable bonds is 1. The largest absolute Gasteiger partial charge is 0.295 e. The van der Waals surface area contributed by atoms with Crippen molar-refractivity contribution in [2.45, 2.75) is 6.92 Å². The molecule has 1 heteroatoms. The first-order valence-corrected chi connectivity index (χ1v) is 5.67. The van der Waals surface area contributed by atoms with Gasteiger partial charge < -0.3 is 0 Å². The highest BCUT2D eigenvalue weighted by Gasteiger charge is 2.02. The van der Waals surface area contributed by atoms with Gasteiger partial charge in [0, 0.05) is 5.56 Å². The summed E-state index contributed by atoms with van der Waals surface area (Å²) in [6.07, 6.45) is 0. The molecule has 0 N–H and O–H groups in total.